The number of carbonyl (C=O) groups is 1. The van der Waals surface area contributed by atoms with Crippen molar-refractivity contribution in [2.75, 3.05) is 13.1 Å². The fraction of sp³-hybridized carbons (Fsp3) is 0.375. The van der Waals surface area contributed by atoms with Gasteiger partial charge in [0.15, 0.2) is 0 Å². The van der Waals surface area contributed by atoms with Crippen LogP contribution in [0.15, 0.2) is 22.7 Å². The van der Waals surface area contributed by atoms with Crippen molar-refractivity contribution in [1.82, 2.24) is 4.90 Å². The Morgan fingerprint density at radius 3 is 2.83 bits per heavy atom. The number of halogens is 2. The molecule has 0 saturated heterocycles. The average Bonchev–Trinajstić information content (AvgIpc) is 2.03. The summed E-state index contributed by atoms with van der Waals surface area (Å²) in [7, 11) is 0. The molecule has 0 aromatic carbocycles. The summed E-state index contributed by atoms with van der Waals surface area (Å²) in [5, 5.41) is 0.730. The largest absolute Gasteiger partial charge is 0.332 e. The van der Waals surface area contributed by atoms with Crippen molar-refractivity contribution in [1.29, 1.82) is 0 Å². The van der Waals surface area contributed by atoms with Gasteiger partial charge in [-0.2, -0.15) is 0 Å². The van der Waals surface area contributed by atoms with Gasteiger partial charge in [-0.15, -0.1) is 0 Å². The van der Waals surface area contributed by atoms with E-state index in [4.69, 9.17) is 23.2 Å². The molecule has 12 heavy (non-hydrogen) atoms. The van der Waals surface area contributed by atoms with Crippen LogP contribution in [0.25, 0.3) is 0 Å². The lowest BCUT2D eigenvalue weighted by atomic mass is 10.2. The predicted molar refractivity (Wildman–Crippen MR) is 50.1 cm³/mol. The van der Waals surface area contributed by atoms with Gasteiger partial charge in [0.1, 0.15) is 0 Å². The molecule has 0 radical (unpaired) electrons. The Bertz CT molecular complexity index is 247. The lowest BCUT2D eigenvalue weighted by Crippen LogP contribution is -2.34. The molecule has 4 heteroatoms. The number of rotatable bonds is 1. The van der Waals surface area contributed by atoms with Gasteiger partial charge in [0.05, 0.1) is 11.6 Å². The molecular formula is C8H9Cl2NO. The van der Waals surface area contributed by atoms with E-state index in [1.54, 1.807) is 4.90 Å². The van der Waals surface area contributed by atoms with Crippen LogP contribution < -0.4 is 0 Å². The lowest BCUT2D eigenvalue weighted by molar-refractivity contribution is -0.126. The quantitative estimate of drug-likeness (QED) is 0.601. The molecule has 1 rings (SSSR count). The van der Waals surface area contributed by atoms with E-state index in [1.807, 2.05) is 6.08 Å². The van der Waals surface area contributed by atoms with Crippen molar-refractivity contribution in [3.63, 3.8) is 0 Å². The Labute approximate surface area is 81.4 Å². The third-order valence-electron chi connectivity index (χ3n) is 1.63. The summed E-state index contributed by atoms with van der Waals surface area (Å²) in [5.74, 6) is -0.233. The van der Waals surface area contributed by atoms with Crippen LogP contribution in [-0.2, 0) is 4.79 Å². The van der Waals surface area contributed by atoms with Crippen molar-refractivity contribution >= 4 is 29.1 Å². The van der Waals surface area contributed by atoms with Gasteiger partial charge in [0.2, 0.25) is 0 Å². The van der Waals surface area contributed by atoms with Crippen molar-refractivity contribution in [3.8, 4) is 0 Å². The van der Waals surface area contributed by atoms with Crippen molar-refractivity contribution in [2.45, 2.75) is 6.42 Å². The molecule has 0 N–H and O–H groups in total. The molecular weight excluding hydrogens is 197 g/mol. The van der Waals surface area contributed by atoms with E-state index in [0.717, 1.165) is 6.42 Å². The Morgan fingerprint density at radius 1 is 1.67 bits per heavy atom. The molecule has 1 aliphatic heterocycles. The minimum absolute atomic E-state index is 0.0429. The van der Waals surface area contributed by atoms with Gasteiger partial charge in [-0.25, -0.2) is 0 Å². The van der Waals surface area contributed by atoms with Crippen LogP contribution >= 0.6 is 23.2 Å². The van der Waals surface area contributed by atoms with Crippen molar-refractivity contribution in [3.05, 3.63) is 22.7 Å². The number of hydrogen-bond acceptors (Lipinski definition) is 1. The standard InChI is InChI=1S/C8H9Cl2NO/c1-6(9)8(12)11-4-2-3-7(10)5-11/h3H,1-2,4-5H2. The van der Waals surface area contributed by atoms with Gasteiger partial charge in [0, 0.05) is 11.6 Å². The van der Waals surface area contributed by atoms with E-state index >= 15 is 0 Å². The van der Waals surface area contributed by atoms with E-state index in [-0.39, 0.29) is 10.9 Å². The first-order chi connectivity index (χ1) is 5.61. The van der Waals surface area contributed by atoms with Gasteiger partial charge in [-0.05, 0) is 6.42 Å². The molecule has 0 bridgehead atoms. The lowest BCUT2D eigenvalue weighted by Gasteiger charge is -2.24. The van der Waals surface area contributed by atoms with Crippen LogP contribution in [-0.4, -0.2) is 23.9 Å². The highest BCUT2D eigenvalue weighted by Crippen LogP contribution is 2.15. The number of nitrogens with zero attached hydrogens (tertiary/aromatic N) is 1. The maximum absolute atomic E-state index is 11.3. The van der Waals surface area contributed by atoms with E-state index in [2.05, 4.69) is 6.58 Å². The summed E-state index contributed by atoms with van der Waals surface area (Å²) < 4.78 is 0. The number of hydrogen-bond donors (Lipinski definition) is 0. The SMILES string of the molecule is C=C(Cl)C(=O)N1CCC=C(Cl)C1. The maximum atomic E-state index is 11.3. The molecule has 2 nitrogen and oxygen atoms in total. The molecule has 1 aliphatic rings. The summed E-state index contributed by atoms with van der Waals surface area (Å²) in [6, 6.07) is 0. The Kier molecular flexibility index (Phi) is 3.18. The maximum Gasteiger partial charge on any atom is 0.265 e. The molecule has 1 amide bonds. The Morgan fingerprint density at radius 2 is 2.33 bits per heavy atom. The minimum Gasteiger partial charge on any atom is -0.332 e. The molecule has 0 fully saturated rings. The van der Waals surface area contributed by atoms with E-state index in [1.165, 1.54) is 0 Å². The van der Waals surface area contributed by atoms with E-state index in [9.17, 15) is 4.79 Å². The zero-order valence-corrected chi connectivity index (χ0v) is 8.03. The molecule has 0 atom stereocenters. The summed E-state index contributed by atoms with van der Waals surface area (Å²) in [6.07, 6.45) is 2.69. The summed E-state index contributed by atoms with van der Waals surface area (Å²) >= 11 is 11.2. The van der Waals surface area contributed by atoms with Crippen LogP contribution in [0.4, 0.5) is 0 Å². The van der Waals surface area contributed by atoms with Crippen molar-refractivity contribution < 1.29 is 4.79 Å². The predicted octanol–water partition coefficient (Wildman–Crippen LogP) is 2.09. The van der Waals surface area contributed by atoms with Crippen LogP contribution in [0.2, 0.25) is 0 Å². The third-order valence-corrected chi connectivity index (χ3v) is 2.06. The third kappa shape index (κ3) is 2.26. The monoisotopic (exact) mass is 205 g/mol. The molecule has 0 unspecified atom stereocenters. The fourth-order valence-corrected chi connectivity index (χ4v) is 1.42. The normalized spacial score (nSPS) is 17.2. The van der Waals surface area contributed by atoms with Crippen LogP contribution in [0.1, 0.15) is 6.42 Å². The van der Waals surface area contributed by atoms with E-state index < -0.39 is 0 Å². The highest BCUT2D eigenvalue weighted by molar-refractivity contribution is 6.41. The van der Waals surface area contributed by atoms with Gasteiger partial charge in [0.25, 0.3) is 5.91 Å². The zero-order valence-electron chi connectivity index (χ0n) is 6.52. The Balaban J connectivity index is 2.61. The number of carbonyl (C=O) groups excluding carboxylic acids is 1. The molecule has 0 aromatic heterocycles. The molecule has 0 saturated carbocycles. The topological polar surface area (TPSA) is 20.3 Å². The van der Waals surface area contributed by atoms with Crippen LogP contribution in [0.3, 0.4) is 0 Å². The first-order valence-electron chi connectivity index (χ1n) is 3.59. The van der Waals surface area contributed by atoms with Gasteiger partial charge < -0.3 is 4.90 Å². The molecule has 0 spiro atoms. The highest BCUT2D eigenvalue weighted by atomic mass is 35.5. The smallest absolute Gasteiger partial charge is 0.265 e. The first kappa shape index (κ1) is 9.62. The van der Waals surface area contributed by atoms with Gasteiger partial charge in [-0.3, -0.25) is 4.79 Å². The van der Waals surface area contributed by atoms with Gasteiger partial charge in [-0.1, -0.05) is 35.9 Å². The highest BCUT2D eigenvalue weighted by Gasteiger charge is 2.18. The molecule has 0 aliphatic carbocycles. The molecule has 66 valence electrons. The summed E-state index contributed by atoms with van der Waals surface area (Å²) in [5.41, 5.74) is 0. The van der Waals surface area contributed by atoms with Crippen LogP contribution in [0.5, 0.6) is 0 Å². The molecule has 0 aromatic rings. The average molecular weight is 206 g/mol. The molecule has 1 heterocycles. The summed E-state index contributed by atoms with van der Waals surface area (Å²) in [6.45, 7) is 4.48. The second-order valence-electron chi connectivity index (χ2n) is 2.57. The van der Waals surface area contributed by atoms with Crippen LogP contribution in [0, 0.1) is 0 Å². The first-order valence-corrected chi connectivity index (χ1v) is 4.35. The second kappa shape index (κ2) is 3.97. The summed E-state index contributed by atoms with van der Waals surface area (Å²) in [4.78, 5) is 12.8. The minimum atomic E-state index is -0.233. The fourth-order valence-electron chi connectivity index (χ4n) is 1.05. The number of amides is 1. The second-order valence-corrected chi connectivity index (χ2v) is 3.51. The Hall–Kier alpha value is -0.470. The van der Waals surface area contributed by atoms with E-state index in [0.29, 0.717) is 18.1 Å². The van der Waals surface area contributed by atoms with Crippen molar-refractivity contribution in [2.24, 2.45) is 0 Å². The zero-order chi connectivity index (χ0) is 9.14. The van der Waals surface area contributed by atoms with Gasteiger partial charge >= 0.3 is 0 Å².